The highest BCUT2D eigenvalue weighted by atomic mass is 35.5. The van der Waals surface area contributed by atoms with Crippen LogP contribution in [0.4, 0.5) is 0 Å². The van der Waals surface area contributed by atoms with Crippen LogP contribution < -0.4 is 0 Å². The lowest BCUT2D eigenvalue weighted by molar-refractivity contribution is 0.325. The maximum atomic E-state index is 7.21. The van der Waals surface area contributed by atoms with Crippen LogP contribution in [0.5, 0.6) is 0 Å². The van der Waals surface area contributed by atoms with E-state index >= 15 is 0 Å². The normalized spacial score (nSPS) is 16.3. The topological polar surface area (TPSA) is 19.4 Å². The summed E-state index contributed by atoms with van der Waals surface area (Å²) in [7, 11) is 4.18. The highest BCUT2D eigenvalue weighted by Crippen LogP contribution is 2.38. The molecule has 3 aromatic rings. The summed E-state index contributed by atoms with van der Waals surface area (Å²) < 4.78 is 0. The third-order valence-electron chi connectivity index (χ3n) is 7.21. The van der Waals surface area contributed by atoms with Gasteiger partial charge in [0.2, 0.25) is 0 Å². The number of likely N-dealkylation sites (N-methyl/N-ethyl adjacent to an activating group) is 2. The van der Waals surface area contributed by atoms with E-state index in [-0.39, 0.29) is 12.0 Å². The van der Waals surface area contributed by atoms with Crippen molar-refractivity contribution in [3.63, 3.8) is 0 Å². The summed E-state index contributed by atoms with van der Waals surface area (Å²) in [6.45, 7) is 8.26. The Morgan fingerprint density at radius 2 is 1.97 bits per heavy atom. The molecule has 2 heterocycles. The molecule has 2 atom stereocenters. The number of benzene rings is 2. The van der Waals surface area contributed by atoms with E-state index in [1.54, 1.807) is 11.8 Å². The zero-order chi connectivity index (χ0) is 26.5. The monoisotopic (exact) mass is 529 g/mol. The van der Waals surface area contributed by atoms with E-state index in [0.717, 1.165) is 40.0 Å². The van der Waals surface area contributed by atoms with E-state index in [4.69, 9.17) is 16.6 Å². The second-order valence-electron chi connectivity index (χ2n) is 9.37. The molecule has 192 valence electrons. The largest absolute Gasteiger partial charge is 0.373 e. The molecule has 0 spiro atoms. The van der Waals surface area contributed by atoms with Crippen LogP contribution in [0.15, 0.2) is 96.3 Å². The number of hydrogen-bond donors (Lipinski definition) is 0. The summed E-state index contributed by atoms with van der Waals surface area (Å²) in [5, 5.41) is 1.81. The molecule has 1 aliphatic heterocycles. The predicted molar refractivity (Wildman–Crippen MR) is 161 cm³/mol. The molecule has 4 rings (SSSR count). The SMILES string of the molecule is C=CN(C)/C(=C\C)C(c1ccc2nc(CC)c(Cc3ccc(SC)cc3)c(Cl)c2c1)C1C=CC=CN1C. The molecule has 0 aliphatic carbocycles. The van der Waals surface area contributed by atoms with Gasteiger partial charge < -0.3 is 9.80 Å². The number of pyridine rings is 1. The van der Waals surface area contributed by atoms with Crippen molar-refractivity contribution >= 4 is 34.3 Å². The van der Waals surface area contributed by atoms with Crippen molar-refractivity contribution in [3.8, 4) is 0 Å². The molecule has 37 heavy (non-hydrogen) atoms. The highest BCUT2D eigenvalue weighted by Gasteiger charge is 2.30. The standard InChI is InChI=1S/C32H36ClN3S/c1-7-27-25(20-22-13-16-24(37-6)17-14-22)32(33)26-21-23(15-18-28(26)34-27)31(29(8-2)35(4)9-3)30-12-10-11-19-36(30)5/h8-19,21,30-31H,3,7,20H2,1-2,4-6H3/b29-8-. The van der Waals surface area contributed by atoms with Crippen LogP contribution in [0.2, 0.25) is 5.02 Å². The van der Waals surface area contributed by atoms with Crippen LogP contribution in [0.3, 0.4) is 0 Å². The van der Waals surface area contributed by atoms with Gasteiger partial charge in [-0.1, -0.05) is 61.5 Å². The Bertz CT molecular complexity index is 1360. The molecule has 0 N–H and O–H groups in total. The van der Waals surface area contributed by atoms with Crippen molar-refractivity contribution in [1.29, 1.82) is 0 Å². The number of aryl methyl sites for hydroxylation is 1. The van der Waals surface area contributed by atoms with Gasteiger partial charge in [-0.05, 0) is 79.0 Å². The van der Waals surface area contributed by atoms with Crippen LogP contribution in [0, 0.1) is 0 Å². The van der Waals surface area contributed by atoms with Gasteiger partial charge in [-0.2, -0.15) is 0 Å². The van der Waals surface area contributed by atoms with Gasteiger partial charge in [-0.3, -0.25) is 4.98 Å². The summed E-state index contributed by atoms with van der Waals surface area (Å²) in [6, 6.07) is 15.5. The summed E-state index contributed by atoms with van der Waals surface area (Å²) in [6.07, 6.45) is 16.4. The van der Waals surface area contributed by atoms with Gasteiger partial charge in [-0.15, -0.1) is 11.8 Å². The minimum absolute atomic E-state index is 0.0908. The van der Waals surface area contributed by atoms with Gasteiger partial charge in [0, 0.05) is 48.1 Å². The van der Waals surface area contributed by atoms with Crippen LogP contribution in [0.1, 0.15) is 42.1 Å². The third-order valence-corrected chi connectivity index (χ3v) is 8.38. The molecule has 5 heteroatoms. The van der Waals surface area contributed by atoms with E-state index in [2.05, 4.69) is 124 Å². The van der Waals surface area contributed by atoms with E-state index in [0.29, 0.717) is 0 Å². The maximum Gasteiger partial charge on any atom is 0.0720 e. The molecule has 1 aromatic heterocycles. The fourth-order valence-electron chi connectivity index (χ4n) is 5.14. The number of allylic oxidation sites excluding steroid dienone is 3. The van der Waals surface area contributed by atoms with Gasteiger partial charge >= 0.3 is 0 Å². The van der Waals surface area contributed by atoms with Crippen molar-refractivity contribution in [2.24, 2.45) is 0 Å². The fourth-order valence-corrected chi connectivity index (χ4v) is 5.87. The Balaban J connectivity index is 1.85. The molecule has 3 nitrogen and oxygen atoms in total. The molecular formula is C32H36ClN3S. The molecule has 0 bridgehead atoms. The molecule has 0 saturated carbocycles. The molecule has 0 saturated heterocycles. The van der Waals surface area contributed by atoms with E-state index < -0.39 is 0 Å². The van der Waals surface area contributed by atoms with Gasteiger partial charge in [-0.25, -0.2) is 0 Å². The van der Waals surface area contributed by atoms with E-state index in [1.807, 2.05) is 6.20 Å². The molecular weight excluding hydrogens is 494 g/mol. The predicted octanol–water partition coefficient (Wildman–Crippen LogP) is 8.21. The number of hydrogen-bond acceptors (Lipinski definition) is 4. The van der Waals surface area contributed by atoms with Crippen LogP contribution in [0.25, 0.3) is 10.9 Å². The lowest BCUT2D eigenvalue weighted by Gasteiger charge is -2.37. The average molecular weight is 530 g/mol. The first kappa shape index (κ1) is 27.1. The second kappa shape index (κ2) is 12.1. The number of rotatable bonds is 9. The zero-order valence-corrected chi connectivity index (χ0v) is 24.0. The Kier molecular flexibility index (Phi) is 8.83. The van der Waals surface area contributed by atoms with Crippen LogP contribution >= 0.6 is 23.4 Å². The maximum absolute atomic E-state index is 7.21. The highest BCUT2D eigenvalue weighted by molar-refractivity contribution is 7.98. The Labute approximate surface area is 231 Å². The summed E-state index contributed by atoms with van der Waals surface area (Å²) in [4.78, 5) is 10.7. The summed E-state index contributed by atoms with van der Waals surface area (Å²) in [5.41, 5.74) is 6.76. The third kappa shape index (κ3) is 5.66. The number of fused-ring (bicyclic) bond motifs is 1. The molecule has 0 fully saturated rings. The number of halogens is 1. The minimum atomic E-state index is 0.0908. The number of thioether (sulfide) groups is 1. The van der Waals surface area contributed by atoms with E-state index in [9.17, 15) is 0 Å². The average Bonchev–Trinajstić information content (AvgIpc) is 2.93. The van der Waals surface area contributed by atoms with Crippen molar-refractivity contribution < 1.29 is 0 Å². The molecule has 1 aliphatic rings. The van der Waals surface area contributed by atoms with Crippen molar-refractivity contribution in [3.05, 3.63) is 119 Å². The first-order valence-corrected chi connectivity index (χ1v) is 14.3. The fraction of sp³-hybridized carbons (Fsp3) is 0.281. The van der Waals surface area contributed by atoms with Gasteiger partial charge in [0.1, 0.15) is 0 Å². The number of nitrogens with zero attached hydrogens (tertiary/aromatic N) is 3. The lowest BCUT2D eigenvalue weighted by atomic mass is 9.85. The van der Waals surface area contributed by atoms with E-state index in [1.165, 1.54) is 21.7 Å². The van der Waals surface area contributed by atoms with Crippen LogP contribution in [-0.2, 0) is 12.8 Å². The molecule has 0 amide bonds. The molecule has 2 unspecified atom stereocenters. The smallest absolute Gasteiger partial charge is 0.0720 e. The van der Waals surface area contributed by atoms with Gasteiger partial charge in [0.05, 0.1) is 16.6 Å². The Morgan fingerprint density at radius 1 is 1.22 bits per heavy atom. The van der Waals surface area contributed by atoms with Crippen molar-refractivity contribution in [2.75, 3.05) is 20.4 Å². The first-order valence-electron chi connectivity index (χ1n) is 12.7. The summed E-state index contributed by atoms with van der Waals surface area (Å²) in [5.74, 6) is 0.0908. The number of aromatic nitrogens is 1. The van der Waals surface area contributed by atoms with Gasteiger partial charge in [0.25, 0.3) is 0 Å². The summed E-state index contributed by atoms with van der Waals surface area (Å²) >= 11 is 8.96. The molecule has 0 radical (unpaired) electrons. The van der Waals surface area contributed by atoms with Gasteiger partial charge in [0.15, 0.2) is 0 Å². The lowest BCUT2D eigenvalue weighted by Crippen LogP contribution is -2.36. The quantitative estimate of drug-likeness (QED) is 0.260. The van der Waals surface area contributed by atoms with Crippen molar-refractivity contribution in [1.82, 2.24) is 14.8 Å². The van der Waals surface area contributed by atoms with Crippen LogP contribution in [-0.4, -0.2) is 41.2 Å². The Hall–Kier alpha value is -2.95. The second-order valence-corrected chi connectivity index (χ2v) is 10.6. The molecule has 2 aromatic carbocycles. The first-order chi connectivity index (χ1) is 17.9. The van der Waals surface area contributed by atoms with Crippen molar-refractivity contribution in [2.45, 2.75) is 43.5 Å². The minimum Gasteiger partial charge on any atom is -0.373 e. The Morgan fingerprint density at radius 3 is 2.59 bits per heavy atom. The zero-order valence-electron chi connectivity index (χ0n) is 22.4.